The van der Waals surface area contributed by atoms with Gasteiger partial charge in [0.2, 0.25) is 0 Å². The standard InChI is InChI=1S/C14H8BrN3O3/c15-9-5-7-3-1-2-4-10(7)17-11(9)12-16-6-8(14(20)21)13(19)18-12/h1-6H,(H,20,21)(H,16,18,19). The molecule has 0 aliphatic carbocycles. The minimum atomic E-state index is -1.32. The lowest BCUT2D eigenvalue weighted by Gasteiger charge is -2.05. The Morgan fingerprint density at radius 1 is 1.29 bits per heavy atom. The molecule has 0 unspecified atom stereocenters. The van der Waals surface area contributed by atoms with E-state index in [1.807, 2.05) is 30.3 Å². The molecule has 1 aromatic carbocycles. The van der Waals surface area contributed by atoms with Crippen LogP contribution in [0.3, 0.4) is 0 Å². The number of rotatable bonds is 2. The van der Waals surface area contributed by atoms with Crippen LogP contribution in [0.25, 0.3) is 22.4 Å². The number of halogens is 1. The van der Waals surface area contributed by atoms with Gasteiger partial charge in [-0.2, -0.15) is 0 Å². The first-order valence-electron chi connectivity index (χ1n) is 5.94. The lowest BCUT2D eigenvalue weighted by atomic mass is 10.2. The van der Waals surface area contributed by atoms with Crippen molar-refractivity contribution in [2.75, 3.05) is 0 Å². The monoisotopic (exact) mass is 345 g/mol. The molecule has 0 aliphatic heterocycles. The highest BCUT2D eigenvalue weighted by Crippen LogP contribution is 2.26. The third-order valence-electron chi connectivity index (χ3n) is 2.93. The van der Waals surface area contributed by atoms with Crippen LogP contribution in [0.5, 0.6) is 0 Å². The molecular formula is C14H8BrN3O3. The molecule has 0 aliphatic rings. The molecule has 0 spiro atoms. The Morgan fingerprint density at radius 3 is 2.76 bits per heavy atom. The third-order valence-corrected chi connectivity index (χ3v) is 3.54. The van der Waals surface area contributed by atoms with Crippen LogP contribution in [0.2, 0.25) is 0 Å². The van der Waals surface area contributed by atoms with Crippen LogP contribution in [-0.4, -0.2) is 26.0 Å². The molecule has 6 nitrogen and oxygen atoms in total. The lowest BCUT2D eigenvalue weighted by molar-refractivity contribution is 0.0694. The van der Waals surface area contributed by atoms with Crippen LogP contribution in [0.4, 0.5) is 0 Å². The van der Waals surface area contributed by atoms with Crippen molar-refractivity contribution >= 4 is 32.8 Å². The number of aromatic amines is 1. The molecule has 0 saturated heterocycles. The fourth-order valence-corrected chi connectivity index (χ4v) is 2.45. The van der Waals surface area contributed by atoms with Crippen molar-refractivity contribution in [1.29, 1.82) is 0 Å². The minimum absolute atomic E-state index is 0.211. The van der Waals surface area contributed by atoms with Gasteiger partial charge in [0.15, 0.2) is 5.82 Å². The van der Waals surface area contributed by atoms with Crippen LogP contribution in [-0.2, 0) is 0 Å². The molecule has 0 radical (unpaired) electrons. The molecule has 0 atom stereocenters. The van der Waals surface area contributed by atoms with E-state index in [4.69, 9.17) is 5.11 Å². The summed E-state index contributed by atoms with van der Waals surface area (Å²) in [4.78, 5) is 33.4. The average Bonchev–Trinajstić information content (AvgIpc) is 2.46. The summed E-state index contributed by atoms with van der Waals surface area (Å²) in [5, 5.41) is 9.78. The number of nitrogens with one attached hydrogen (secondary N) is 1. The van der Waals surface area contributed by atoms with Crippen molar-refractivity contribution < 1.29 is 9.90 Å². The molecule has 7 heteroatoms. The average molecular weight is 346 g/mol. The quantitative estimate of drug-likeness (QED) is 0.743. The summed E-state index contributed by atoms with van der Waals surface area (Å²) in [5.41, 5.74) is 0.0772. The molecule has 3 aromatic rings. The Labute approximate surface area is 126 Å². The first-order valence-corrected chi connectivity index (χ1v) is 6.74. The Morgan fingerprint density at radius 2 is 2.05 bits per heavy atom. The van der Waals surface area contributed by atoms with Gasteiger partial charge in [-0.05, 0) is 28.1 Å². The first kappa shape index (κ1) is 13.4. The number of hydrogen-bond acceptors (Lipinski definition) is 4. The van der Waals surface area contributed by atoms with E-state index in [1.54, 1.807) is 0 Å². The van der Waals surface area contributed by atoms with Crippen LogP contribution >= 0.6 is 15.9 Å². The lowest BCUT2D eigenvalue weighted by Crippen LogP contribution is -2.19. The Kier molecular flexibility index (Phi) is 3.26. The molecule has 2 heterocycles. The summed E-state index contributed by atoms with van der Waals surface area (Å²) < 4.78 is 0.660. The van der Waals surface area contributed by atoms with Crippen molar-refractivity contribution in [3.63, 3.8) is 0 Å². The number of hydrogen-bond donors (Lipinski definition) is 2. The highest BCUT2D eigenvalue weighted by atomic mass is 79.9. The Balaban J connectivity index is 2.20. The van der Waals surface area contributed by atoms with Crippen molar-refractivity contribution in [3.8, 4) is 11.5 Å². The number of para-hydroxylation sites is 1. The Hall–Kier alpha value is -2.54. The number of fused-ring (bicyclic) bond motifs is 1. The van der Waals surface area contributed by atoms with E-state index in [9.17, 15) is 9.59 Å². The van der Waals surface area contributed by atoms with Gasteiger partial charge in [-0.1, -0.05) is 18.2 Å². The van der Waals surface area contributed by atoms with Crippen LogP contribution in [0, 0.1) is 0 Å². The number of benzene rings is 1. The number of aromatic carboxylic acids is 1. The van der Waals surface area contributed by atoms with E-state index in [1.165, 1.54) is 0 Å². The van der Waals surface area contributed by atoms with E-state index in [0.717, 1.165) is 17.1 Å². The van der Waals surface area contributed by atoms with Crippen LogP contribution in [0.1, 0.15) is 10.4 Å². The van der Waals surface area contributed by atoms with Crippen LogP contribution in [0.15, 0.2) is 45.8 Å². The smallest absolute Gasteiger partial charge is 0.342 e. The zero-order valence-corrected chi connectivity index (χ0v) is 12.1. The molecule has 0 saturated carbocycles. The number of carboxylic acids is 1. The van der Waals surface area contributed by atoms with Gasteiger partial charge in [-0.3, -0.25) is 4.79 Å². The van der Waals surface area contributed by atoms with E-state index >= 15 is 0 Å². The van der Waals surface area contributed by atoms with Gasteiger partial charge in [-0.25, -0.2) is 14.8 Å². The predicted molar refractivity (Wildman–Crippen MR) is 80.3 cm³/mol. The number of carbonyl (C=O) groups is 1. The van der Waals surface area contributed by atoms with Crippen molar-refractivity contribution in [3.05, 3.63) is 56.9 Å². The molecule has 0 bridgehead atoms. The second-order valence-corrected chi connectivity index (χ2v) is 5.15. The predicted octanol–water partition coefficient (Wildman–Crippen LogP) is 2.45. The van der Waals surface area contributed by atoms with Crippen molar-refractivity contribution in [2.24, 2.45) is 0 Å². The summed E-state index contributed by atoms with van der Waals surface area (Å²) >= 11 is 3.39. The summed E-state index contributed by atoms with van der Waals surface area (Å²) in [6, 6.07) is 9.38. The highest BCUT2D eigenvalue weighted by Gasteiger charge is 2.14. The second-order valence-electron chi connectivity index (χ2n) is 4.29. The van der Waals surface area contributed by atoms with Gasteiger partial charge < -0.3 is 10.1 Å². The number of pyridine rings is 1. The molecule has 0 amide bonds. The summed E-state index contributed by atoms with van der Waals surface area (Å²) in [6.07, 6.45) is 1.03. The fraction of sp³-hybridized carbons (Fsp3) is 0. The van der Waals surface area contributed by atoms with E-state index in [0.29, 0.717) is 10.2 Å². The van der Waals surface area contributed by atoms with Gasteiger partial charge in [0, 0.05) is 16.1 Å². The number of nitrogens with zero attached hydrogens (tertiary/aromatic N) is 2. The first-order chi connectivity index (χ1) is 10.1. The molecule has 21 heavy (non-hydrogen) atoms. The van der Waals surface area contributed by atoms with Crippen molar-refractivity contribution in [2.45, 2.75) is 0 Å². The number of aromatic nitrogens is 3. The fourth-order valence-electron chi connectivity index (χ4n) is 1.92. The van der Waals surface area contributed by atoms with Gasteiger partial charge in [0.1, 0.15) is 11.3 Å². The molecule has 0 fully saturated rings. The second kappa shape index (κ2) is 5.10. The maximum Gasteiger partial charge on any atom is 0.342 e. The molecule has 2 aromatic heterocycles. The number of carboxylic acid groups (broad SMARTS) is 1. The van der Waals surface area contributed by atoms with Gasteiger partial charge >= 0.3 is 5.97 Å². The maximum absolute atomic E-state index is 11.7. The topological polar surface area (TPSA) is 95.9 Å². The van der Waals surface area contributed by atoms with E-state index in [-0.39, 0.29) is 5.82 Å². The summed E-state index contributed by atoms with van der Waals surface area (Å²) in [5.74, 6) is -1.11. The zero-order chi connectivity index (χ0) is 15.0. The normalized spacial score (nSPS) is 10.7. The van der Waals surface area contributed by atoms with Crippen molar-refractivity contribution in [1.82, 2.24) is 15.0 Å². The van der Waals surface area contributed by atoms with Gasteiger partial charge in [-0.15, -0.1) is 0 Å². The third kappa shape index (κ3) is 2.43. The number of H-pyrrole nitrogens is 1. The van der Waals surface area contributed by atoms with Gasteiger partial charge in [0.05, 0.1) is 5.52 Å². The summed E-state index contributed by atoms with van der Waals surface area (Å²) in [6.45, 7) is 0. The summed E-state index contributed by atoms with van der Waals surface area (Å²) in [7, 11) is 0. The molecule has 2 N–H and O–H groups in total. The largest absolute Gasteiger partial charge is 0.477 e. The SMILES string of the molecule is O=C(O)c1cnc(-c2nc3ccccc3cc2Br)[nH]c1=O. The van der Waals surface area contributed by atoms with E-state index in [2.05, 4.69) is 30.9 Å². The van der Waals surface area contributed by atoms with Gasteiger partial charge in [0.25, 0.3) is 5.56 Å². The van der Waals surface area contributed by atoms with E-state index < -0.39 is 17.1 Å². The highest BCUT2D eigenvalue weighted by molar-refractivity contribution is 9.10. The minimum Gasteiger partial charge on any atom is -0.477 e. The molecule has 3 rings (SSSR count). The Bertz CT molecular complexity index is 921. The molecular weight excluding hydrogens is 338 g/mol. The maximum atomic E-state index is 11.7. The molecule has 104 valence electrons. The van der Waals surface area contributed by atoms with Crippen LogP contribution < -0.4 is 5.56 Å². The zero-order valence-electron chi connectivity index (χ0n) is 10.5.